The van der Waals surface area contributed by atoms with Crippen LogP contribution in [0.15, 0.2) is 53.4 Å². The van der Waals surface area contributed by atoms with E-state index < -0.39 is 58.2 Å². The third kappa shape index (κ3) is 9.07. The van der Waals surface area contributed by atoms with Crippen molar-refractivity contribution in [2.75, 3.05) is 24.2 Å². The van der Waals surface area contributed by atoms with Crippen LogP contribution in [0.4, 0.5) is 16.6 Å². The van der Waals surface area contributed by atoms with Gasteiger partial charge in [-0.25, -0.2) is 19.3 Å². The molecule has 8 N–H and O–H groups in total. The number of nitrogens with two attached hydrogens (primary N) is 2. The van der Waals surface area contributed by atoms with Crippen LogP contribution in [-0.4, -0.2) is 87.4 Å². The SMILES string of the molecule is CC1(C)C(NC(=O)C(=NOC(COc2ccc(Nc3cc[n+](CCCN)cc3)nc2)C(=O)O)c2csc(N)n2)C(=O)N1OS(=O)(=O)O. The van der Waals surface area contributed by atoms with Crippen LogP contribution in [0.25, 0.3) is 0 Å². The number of rotatable bonds is 16. The molecule has 1 fully saturated rings. The Labute approximate surface area is 272 Å². The lowest BCUT2D eigenvalue weighted by Gasteiger charge is -2.50. The number of aromatic nitrogens is 3. The van der Waals surface area contributed by atoms with Gasteiger partial charge in [-0.3, -0.25) is 14.1 Å². The highest BCUT2D eigenvalue weighted by Gasteiger charge is 2.58. The van der Waals surface area contributed by atoms with Crippen LogP contribution in [0.2, 0.25) is 0 Å². The van der Waals surface area contributed by atoms with E-state index >= 15 is 0 Å². The lowest BCUT2D eigenvalue weighted by atomic mass is 9.84. The fraction of sp³-hybridized carbons (Fsp3) is 0.346. The first-order valence-electron chi connectivity index (χ1n) is 13.7. The lowest BCUT2D eigenvalue weighted by Crippen LogP contribution is -2.76. The summed E-state index contributed by atoms with van der Waals surface area (Å²) >= 11 is 0.951. The third-order valence-electron chi connectivity index (χ3n) is 6.57. The minimum Gasteiger partial charge on any atom is -0.487 e. The molecule has 0 bridgehead atoms. The summed E-state index contributed by atoms with van der Waals surface area (Å²) in [6, 6.07) is 5.61. The number of ether oxygens (including phenoxy) is 1. The average molecular weight is 695 g/mol. The summed E-state index contributed by atoms with van der Waals surface area (Å²) in [6.45, 7) is 3.57. The maximum atomic E-state index is 13.2. The molecule has 0 aromatic carbocycles. The van der Waals surface area contributed by atoms with Crippen LogP contribution < -0.4 is 31.4 Å². The Hall–Kier alpha value is -4.96. The zero-order valence-corrected chi connectivity index (χ0v) is 26.6. The summed E-state index contributed by atoms with van der Waals surface area (Å²) in [7, 11) is -5.02. The number of carboxylic acids is 1. The molecule has 2 unspecified atom stereocenters. The number of nitrogens with one attached hydrogen (secondary N) is 2. The van der Waals surface area contributed by atoms with Gasteiger partial charge in [-0.05, 0) is 32.5 Å². The fourth-order valence-electron chi connectivity index (χ4n) is 4.11. The van der Waals surface area contributed by atoms with Gasteiger partial charge in [-0.1, -0.05) is 5.16 Å². The van der Waals surface area contributed by atoms with Gasteiger partial charge in [0.2, 0.25) is 0 Å². The normalized spacial score (nSPS) is 16.6. The number of thiazole rings is 1. The zero-order chi connectivity index (χ0) is 34.4. The van der Waals surface area contributed by atoms with Gasteiger partial charge in [-0.15, -0.1) is 15.6 Å². The van der Waals surface area contributed by atoms with Gasteiger partial charge in [0.1, 0.15) is 36.5 Å². The van der Waals surface area contributed by atoms with Crippen molar-refractivity contribution in [2.45, 2.75) is 44.5 Å². The molecule has 21 heteroatoms. The maximum absolute atomic E-state index is 13.2. The Kier molecular flexibility index (Phi) is 10.9. The molecule has 0 aliphatic carbocycles. The number of hydrogen-bond donors (Lipinski definition) is 6. The number of carboxylic acid groups (broad SMARTS) is 1. The average Bonchev–Trinajstić information content (AvgIpc) is 3.45. The molecule has 0 radical (unpaired) electrons. The second-order valence-corrected chi connectivity index (χ2v) is 12.3. The summed E-state index contributed by atoms with van der Waals surface area (Å²) in [6.07, 6.45) is 4.34. The number of aliphatic carboxylic acids is 1. The topological polar surface area (TPSA) is 275 Å². The van der Waals surface area contributed by atoms with E-state index in [0.29, 0.717) is 17.4 Å². The van der Waals surface area contributed by atoms with Crippen molar-refractivity contribution >= 4 is 61.9 Å². The molecule has 0 spiro atoms. The highest BCUT2D eigenvalue weighted by Crippen LogP contribution is 2.33. The monoisotopic (exact) mass is 694 g/mol. The third-order valence-corrected chi connectivity index (χ3v) is 7.58. The number of hydrogen-bond acceptors (Lipinski definition) is 15. The van der Waals surface area contributed by atoms with Gasteiger partial charge in [0.05, 0.1) is 17.4 Å². The van der Waals surface area contributed by atoms with Crippen LogP contribution in [0.5, 0.6) is 5.75 Å². The number of aryl methyl sites for hydroxylation is 1. The Morgan fingerprint density at radius 1 is 1.26 bits per heavy atom. The Morgan fingerprint density at radius 2 is 1.98 bits per heavy atom. The second kappa shape index (κ2) is 14.6. The molecule has 3 aromatic rings. The molecule has 19 nitrogen and oxygen atoms in total. The smallest absolute Gasteiger partial charge is 0.418 e. The van der Waals surface area contributed by atoms with Gasteiger partial charge >= 0.3 is 16.4 Å². The van der Waals surface area contributed by atoms with Crippen molar-refractivity contribution in [3.05, 3.63) is 53.9 Å². The minimum atomic E-state index is -5.02. The van der Waals surface area contributed by atoms with Crippen LogP contribution in [0.1, 0.15) is 26.0 Å². The highest BCUT2D eigenvalue weighted by atomic mass is 32.3. The van der Waals surface area contributed by atoms with E-state index in [1.54, 1.807) is 12.1 Å². The van der Waals surface area contributed by atoms with Crippen LogP contribution in [0.3, 0.4) is 0 Å². The Morgan fingerprint density at radius 3 is 2.53 bits per heavy atom. The summed E-state index contributed by atoms with van der Waals surface area (Å²) in [5.74, 6) is -2.78. The molecule has 4 rings (SSSR count). The number of anilines is 3. The van der Waals surface area contributed by atoms with Crippen molar-refractivity contribution < 1.29 is 50.9 Å². The Balaban J connectivity index is 1.40. The van der Waals surface area contributed by atoms with E-state index in [4.69, 9.17) is 25.6 Å². The molecular formula is C26H32N9O10S2+. The molecule has 2 amide bonds. The fourth-order valence-corrected chi connectivity index (χ4v) is 5.11. The molecular weight excluding hydrogens is 662 g/mol. The second-order valence-electron chi connectivity index (χ2n) is 10.4. The van der Waals surface area contributed by atoms with Gasteiger partial charge < -0.3 is 36.8 Å². The standard InChI is InChI=1S/C26H31N9O10S2/c1-26(2)21(23(37)35(26)45-47(40,41)42)32-22(36)20(17-14-46-25(28)31-17)33-44-18(24(38)39)13-43-16-4-5-19(29-12-16)30-15-6-10-34(11-7-15)9-3-8-27/h4-7,10-12,14,18,21H,3,8-9,13,27H2,1-2H3,(H5,28,31,32,36,38,39,40,41,42)/p+1. The van der Waals surface area contributed by atoms with Crippen molar-refractivity contribution in [3.8, 4) is 5.75 Å². The predicted molar refractivity (Wildman–Crippen MR) is 164 cm³/mol. The van der Waals surface area contributed by atoms with Gasteiger partial charge in [0.25, 0.3) is 17.9 Å². The van der Waals surface area contributed by atoms with Crippen molar-refractivity contribution in [3.63, 3.8) is 0 Å². The zero-order valence-electron chi connectivity index (χ0n) is 25.0. The number of carbonyl (C=O) groups excluding carboxylic acids is 2. The molecule has 4 heterocycles. The number of nitrogen functional groups attached to an aromatic ring is 1. The number of carbonyl (C=O) groups is 3. The number of pyridine rings is 2. The largest absolute Gasteiger partial charge is 0.487 e. The van der Waals surface area contributed by atoms with Gasteiger partial charge in [0.15, 0.2) is 23.2 Å². The first-order chi connectivity index (χ1) is 22.2. The van der Waals surface area contributed by atoms with Crippen molar-refractivity contribution in [1.82, 2.24) is 20.3 Å². The van der Waals surface area contributed by atoms with Gasteiger partial charge in [-0.2, -0.15) is 13.5 Å². The summed E-state index contributed by atoms with van der Waals surface area (Å²) in [5, 5.41) is 20.7. The van der Waals surface area contributed by atoms with Gasteiger partial charge in [0, 0.05) is 23.9 Å². The first-order valence-corrected chi connectivity index (χ1v) is 16.0. The van der Waals surface area contributed by atoms with E-state index in [1.165, 1.54) is 25.4 Å². The number of β-lactam (4-membered cyclic amide) rings is 1. The summed E-state index contributed by atoms with van der Waals surface area (Å²) in [5.41, 5.74) is 9.96. The van der Waals surface area contributed by atoms with Crippen LogP contribution in [0, 0.1) is 0 Å². The lowest BCUT2D eigenvalue weighted by molar-refractivity contribution is -0.697. The van der Waals surface area contributed by atoms with E-state index in [0.717, 1.165) is 30.0 Å². The molecule has 1 aliphatic rings. The molecule has 2 atom stereocenters. The molecule has 3 aromatic heterocycles. The van der Waals surface area contributed by atoms with Crippen LogP contribution >= 0.6 is 11.3 Å². The minimum absolute atomic E-state index is 0.0512. The maximum Gasteiger partial charge on any atom is 0.418 e. The van der Waals surface area contributed by atoms with E-state index in [1.807, 2.05) is 29.1 Å². The number of nitrogens with zero attached hydrogens (tertiary/aromatic N) is 5. The van der Waals surface area contributed by atoms with E-state index in [2.05, 4.69) is 30.0 Å². The first kappa shape index (κ1) is 34.9. The van der Waals surface area contributed by atoms with Crippen molar-refractivity contribution in [2.24, 2.45) is 10.9 Å². The number of hydroxylamine groups is 2. The van der Waals surface area contributed by atoms with E-state index in [-0.39, 0.29) is 16.6 Å². The quantitative estimate of drug-likeness (QED) is 0.0366. The molecule has 1 saturated heterocycles. The molecule has 252 valence electrons. The summed E-state index contributed by atoms with van der Waals surface area (Å²) in [4.78, 5) is 51.0. The van der Waals surface area contributed by atoms with Crippen molar-refractivity contribution in [1.29, 1.82) is 0 Å². The molecule has 1 aliphatic heterocycles. The Bertz CT molecular complexity index is 1730. The highest BCUT2D eigenvalue weighted by molar-refractivity contribution is 7.80. The van der Waals surface area contributed by atoms with E-state index in [9.17, 15) is 27.9 Å². The predicted octanol–water partition coefficient (Wildman–Crippen LogP) is -0.407. The summed E-state index contributed by atoms with van der Waals surface area (Å²) < 4.78 is 42.9. The number of oxime groups is 1. The van der Waals surface area contributed by atoms with Crippen LogP contribution in [-0.2, 0) is 40.4 Å². The molecule has 0 saturated carbocycles. The molecule has 47 heavy (non-hydrogen) atoms. The number of amides is 2.